The summed E-state index contributed by atoms with van der Waals surface area (Å²) in [5, 5.41) is 2.94. The van der Waals surface area contributed by atoms with E-state index in [1.807, 2.05) is 43.3 Å². The first-order valence-electron chi connectivity index (χ1n) is 11.2. The van der Waals surface area contributed by atoms with Crippen molar-refractivity contribution in [2.75, 3.05) is 10.7 Å². The standard InChI is InChI=1S/C25H25N3O3S2/c1-15-6-8-16(9-7-15)13-26-22(29)14-32-25-27-20-11-10-17(12-21(20)33-25)28-23(30)18-4-2-3-5-19(18)24(28)31/h6-12,18-19H,2-5,13-14H2,1H3,(H,26,29)/t18-,19+. The fraction of sp³-hybridized carbons (Fsp3) is 0.360. The van der Waals surface area contributed by atoms with Crippen LogP contribution in [-0.2, 0) is 20.9 Å². The van der Waals surface area contributed by atoms with E-state index in [0.717, 1.165) is 45.8 Å². The molecule has 1 saturated heterocycles. The molecule has 0 bridgehead atoms. The summed E-state index contributed by atoms with van der Waals surface area (Å²) in [6.45, 7) is 2.54. The Labute approximate surface area is 200 Å². The number of carbonyl (C=O) groups excluding carboxylic acids is 3. The van der Waals surface area contributed by atoms with Gasteiger partial charge in [0.05, 0.1) is 33.5 Å². The van der Waals surface area contributed by atoms with E-state index in [9.17, 15) is 14.4 Å². The van der Waals surface area contributed by atoms with Crippen molar-refractivity contribution in [1.82, 2.24) is 10.3 Å². The smallest absolute Gasteiger partial charge is 0.237 e. The Balaban J connectivity index is 1.23. The number of hydrogen-bond donors (Lipinski definition) is 1. The molecular formula is C25H25N3O3S2. The molecular weight excluding hydrogens is 454 g/mol. The zero-order valence-electron chi connectivity index (χ0n) is 18.4. The maximum Gasteiger partial charge on any atom is 0.237 e. The molecule has 2 fully saturated rings. The van der Waals surface area contributed by atoms with Crippen LogP contribution in [0.4, 0.5) is 5.69 Å². The van der Waals surface area contributed by atoms with E-state index in [0.29, 0.717) is 12.2 Å². The van der Waals surface area contributed by atoms with E-state index in [4.69, 9.17) is 0 Å². The molecule has 1 aliphatic carbocycles. The van der Waals surface area contributed by atoms with Crippen molar-refractivity contribution in [3.05, 3.63) is 53.6 Å². The number of nitrogens with zero attached hydrogens (tertiary/aromatic N) is 2. The van der Waals surface area contributed by atoms with Crippen molar-refractivity contribution < 1.29 is 14.4 Å². The molecule has 170 valence electrons. The molecule has 1 N–H and O–H groups in total. The van der Waals surface area contributed by atoms with Gasteiger partial charge in [-0.25, -0.2) is 4.98 Å². The van der Waals surface area contributed by atoms with Crippen LogP contribution in [0.25, 0.3) is 10.2 Å². The number of carbonyl (C=O) groups is 3. The molecule has 2 aliphatic rings. The fourth-order valence-electron chi connectivity index (χ4n) is 4.59. The summed E-state index contributed by atoms with van der Waals surface area (Å²) in [5.41, 5.74) is 3.69. The molecule has 0 unspecified atom stereocenters. The minimum atomic E-state index is -0.159. The minimum Gasteiger partial charge on any atom is -0.351 e. The molecule has 6 nitrogen and oxygen atoms in total. The van der Waals surface area contributed by atoms with E-state index < -0.39 is 0 Å². The van der Waals surface area contributed by atoms with Crippen LogP contribution < -0.4 is 10.2 Å². The zero-order chi connectivity index (χ0) is 22.9. The summed E-state index contributed by atoms with van der Waals surface area (Å²) in [6, 6.07) is 13.6. The number of imide groups is 1. The van der Waals surface area contributed by atoms with Crippen molar-refractivity contribution in [3.63, 3.8) is 0 Å². The predicted octanol–water partition coefficient (Wildman–Crippen LogP) is 4.69. The van der Waals surface area contributed by atoms with E-state index in [1.54, 1.807) is 6.07 Å². The van der Waals surface area contributed by atoms with Gasteiger partial charge in [0.1, 0.15) is 0 Å². The number of rotatable bonds is 6. The lowest BCUT2D eigenvalue weighted by atomic mass is 9.81. The highest BCUT2D eigenvalue weighted by Gasteiger charge is 2.48. The van der Waals surface area contributed by atoms with E-state index >= 15 is 0 Å². The first-order valence-corrected chi connectivity index (χ1v) is 13.0. The Morgan fingerprint density at radius 2 is 1.79 bits per heavy atom. The first kappa shape index (κ1) is 22.1. The van der Waals surface area contributed by atoms with Crippen LogP contribution in [0.15, 0.2) is 46.8 Å². The fourth-order valence-corrected chi connectivity index (χ4v) is 6.53. The molecule has 3 aromatic rings. The molecule has 2 atom stereocenters. The number of thioether (sulfide) groups is 1. The van der Waals surface area contributed by atoms with Gasteiger partial charge >= 0.3 is 0 Å². The number of anilines is 1. The number of fused-ring (bicyclic) bond motifs is 2. The molecule has 1 aliphatic heterocycles. The Kier molecular flexibility index (Phi) is 6.21. The maximum absolute atomic E-state index is 12.9. The third-order valence-electron chi connectivity index (χ3n) is 6.39. The Hall–Kier alpha value is -2.71. The van der Waals surface area contributed by atoms with Crippen LogP contribution in [0, 0.1) is 18.8 Å². The quantitative estimate of drug-likeness (QED) is 0.410. The van der Waals surface area contributed by atoms with Gasteiger partial charge in [-0.3, -0.25) is 19.3 Å². The zero-order valence-corrected chi connectivity index (χ0v) is 20.0. The SMILES string of the molecule is Cc1ccc(CNC(=O)CSc2nc3ccc(N4C(=O)[C@H]5CCCC[C@H]5C4=O)cc3s2)cc1. The second-order valence-corrected chi connectivity index (χ2v) is 10.9. The van der Waals surface area contributed by atoms with Gasteiger partial charge in [-0.05, 0) is 43.5 Å². The Morgan fingerprint density at radius 3 is 2.48 bits per heavy atom. The topological polar surface area (TPSA) is 79.4 Å². The van der Waals surface area contributed by atoms with Crippen molar-refractivity contribution >= 4 is 56.7 Å². The van der Waals surface area contributed by atoms with E-state index in [-0.39, 0.29) is 35.3 Å². The number of aromatic nitrogens is 1. The van der Waals surface area contributed by atoms with Gasteiger partial charge in [0.2, 0.25) is 17.7 Å². The van der Waals surface area contributed by atoms with Crippen LogP contribution in [0.3, 0.4) is 0 Å². The molecule has 0 radical (unpaired) electrons. The number of benzene rings is 2. The molecule has 3 amide bonds. The highest BCUT2D eigenvalue weighted by Crippen LogP contribution is 2.41. The summed E-state index contributed by atoms with van der Waals surface area (Å²) in [4.78, 5) is 44.0. The van der Waals surface area contributed by atoms with Crippen molar-refractivity contribution in [2.45, 2.75) is 43.5 Å². The number of aryl methyl sites for hydroxylation is 1. The average Bonchev–Trinajstić information content (AvgIpc) is 3.35. The van der Waals surface area contributed by atoms with Gasteiger partial charge in [-0.1, -0.05) is 54.4 Å². The maximum atomic E-state index is 12.9. The largest absolute Gasteiger partial charge is 0.351 e. The lowest BCUT2D eigenvalue weighted by molar-refractivity contribution is -0.122. The number of amides is 3. The number of nitrogens with one attached hydrogen (secondary N) is 1. The third-order valence-corrected chi connectivity index (χ3v) is 8.55. The van der Waals surface area contributed by atoms with Gasteiger partial charge in [-0.2, -0.15) is 0 Å². The molecule has 0 spiro atoms. The van der Waals surface area contributed by atoms with Crippen LogP contribution in [-0.4, -0.2) is 28.5 Å². The summed E-state index contributed by atoms with van der Waals surface area (Å²) in [6.07, 6.45) is 3.64. The molecule has 1 saturated carbocycles. The highest BCUT2D eigenvalue weighted by atomic mass is 32.2. The van der Waals surface area contributed by atoms with E-state index in [1.165, 1.54) is 33.6 Å². The normalized spacial score (nSPS) is 20.3. The lowest BCUT2D eigenvalue weighted by Gasteiger charge is -2.19. The predicted molar refractivity (Wildman–Crippen MR) is 131 cm³/mol. The van der Waals surface area contributed by atoms with Gasteiger partial charge < -0.3 is 5.32 Å². The summed E-state index contributed by atoms with van der Waals surface area (Å²) >= 11 is 2.87. The molecule has 5 rings (SSSR count). The average molecular weight is 480 g/mol. The van der Waals surface area contributed by atoms with Crippen molar-refractivity contribution in [3.8, 4) is 0 Å². The second-order valence-electron chi connectivity index (χ2n) is 8.69. The van der Waals surface area contributed by atoms with Crippen molar-refractivity contribution in [1.29, 1.82) is 0 Å². The highest BCUT2D eigenvalue weighted by molar-refractivity contribution is 8.01. The Morgan fingerprint density at radius 1 is 1.09 bits per heavy atom. The van der Waals surface area contributed by atoms with Crippen LogP contribution >= 0.6 is 23.1 Å². The lowest BCUT2D eigenvalue weighted by Crippen LogP contribution is -2.30. The molecule has 33 heavy (non-hydrogen) atoms. The minimum absolute atomic E-state index is 0.0450. The molecule has 1 aromatic heterocycles. The third kappa shape index (κ3) is 4.54. The molecule has 2 aromatic carbocycles. The second kappa shape index (κ2) is 9.27. The van der Waals surface area contributed by atoms with Gasteiger partial charge in [-0.15, -0.1) is 11.3 Å². The summed E-state index contributed by atoms with van der Waals surface area (Å²) in [7, 11) is 0. The first-order chi connectivity index (χ1) is 16.0. The Bertz CT molecular complexity index is 1200. The van der Waals surface area contributed by atoms with Gasteiger partial charge in [0, 0.05) is 6.54 Å². The van der Waals surface area contributed by atoms with Crippen LogP contribution in [0.5, 0.6) is 0 Å². The number of hydrogen-bond acceptors (Lipinski definition) is 6. The summed E-state index contributed by atoms with van der Waals surface area (Å²) in [5.74, 6) is -0.204. The van der Waals surface area contributed by atoms with Gasteiger partial charge in [0.15, 0.2) is 4.34 Å². The number of thiazole rings is 1. The van der Waals surface area contributed by atoms with Crippen LogP contribution in [0.1, 0.15) is 36.8 Å². The monoisotopic (exact) mass is 479 g/mol. The van der Waals surface area contributed by atoms with Crippen molar-refractivity contribution in [2.24, 2.45) is 11.8 Å². The molecule has 8 heteroatoms. The molecule has 2 heterocycles. The van der Waals surface area contributed by atoms with E-state index in [2.05, 4.69) is 10.3 Å². The summed E-state index contributed by atoms with van der Waals surface area (Å²) < 4.78 is 1.70. The van der Waals surface area contributed by atoms with Gasteiger partial charge in [0.25, 0.3) is 0 Å². The van der Waals surface area contributed by atoms with Crippen LogP contribution in [0.2, 0.25) is 0 Å².